The summed E-state index contributed by atoms with van der Waals surface area (Å²) in [5.41, 5.74) is 4.02. The van der Waals surface area contributed by atoms with Crippen molar-refractivity contribution in [1.82, 2.24) is 4.90 Å². The zero-order valence-corrected chi connectivity index (χ0v) is 13.5. The van der Waals surface area contributed by atoms with Crippen molar-refractivity contribution >= 4 is 5.69 Å². The summed E-state index contributed by atoms with van der Waals surface area (Å²) in [7, 11) is 3.75. The Bertz CT molecular complexity index is 719. The molecular weight excluding hydrogens is 288 g/mol. The molecule has 0 aromatic heterocycles. The predicted octanol–water partition coefficient (Wildman–Crippen LogP) is 3.80. The third-order valence-electron chi connectivity index (χ3n) is 4.16. The Labute approximate surface area is 137 Å². The van der Waals surface area contributed by atoms with Gasteiger partial charge in [0.25, 0.3) is 0 Å². The van der Waals surface area contributed by atoms with Crippen molar-refractivity contribution in [2.75, 3.05) is 27.3 Å². The van der Waals surface area contributed by atoms with Crippen LogP contribution in [0.25, 0.3) is 4.85 Å². The normalized spacial score (nSPS) is 18.4. The lowest BCUT2D eigenvalue weighted by Gasteiger charge is -2.28. The Hall–Kier alpha value is -2.35. The van der Waals surface area contributed by atoms with Gasteiger partial charge in [0.15, 0.2) is 5.69 Å². The minimum atomic E-state index is -0.147. The van der Waals surface area contributed by atoms with Gasteiger partial charge < -0.3 is 9.47 Å². The molecule has 0 aliphatic carbocycles. The number of fused-ring (bicyclic) bond motifs is 1. The van der Waals surface area contributed by atoms with Crippen molar-refractivity contribution < 1.29 is 9.47 Å². The van der Waals surface area contributed by atoms with Gasteiger partial charge in [0.2, 0.25) is 0 Å². The van der Waals surface area contributed by atoms with Gasteiger partial charge in [-0.25, -0.2) is 4.85 Å². The molecule has 1 aliphatic rings. The summed E-state index contributed by atoms with van der Waals surface area (Å²) in [5.74, 6) is 0.828. The Balaban J connectivity index is 2.05. The first-order chi connectivity index (χ1) is 11.2. The lowest BCUT2D eigenvalue weighted by Crippen LogP contribution is -2.27. The fraction of sp³-hybridized carbons (Fsp3) is 0.316. The molecule has 118 valence electrons. The number of rotatable bonds is 2. The van der Waals surface area contributed by atoms with Crippen LogP contribution in [0, 0.1) is 6.57 Å². The molecule has 1 heterocycles. The number of hydrogen-bond donors (Lipinski definition) is 0. The highest BCUT2D eigenvalue weighted by molar-refractivity contribution is 5.52. The molecule has 2 aromatic rings. The summed E-state index contributed by atoms with van der Waals surface area (Å²) in [5, 5.41) is 0. The molecule has 0 saturated carbocycles. The quantitative estimate of drug-likeness (QED) is 0.789. The van der Waals surface area contributed by atoms with Gasteiger partial charge in [-0.05, 0) is 35.9 Å². The lowest BCUT2D eigenvalue weighted by atomic mass is 9.95. The second-order valence-corrected chi connectivity index (χ2v) is 5.76. The van der Waals surface area contributed by atoms with Gasteiger partial charge in [-0.1, -0.05) is 30.3 Å². The Morgan fingerprint density at radius 3 is 2.70 bits per heavy atom. The minimum Gasteiger partial charge on any atom is -0.497 e. The Morgan fingerprint density at radius 1 is 1.22 bits per heavy atom. The van der Waals surface area contributed by atoms with E-state index < -0.39 is 0 Å². The molecule has 4 nitrogen and oxygen atoms in total. The molecule has 0 bridgehead atoms. The van der Waals surface area contributed by atoms with Crippen LogP contribution in [0.4, 0.5) is 5.69 Å². The molecule has 0 N–H and O–H groups in total. The van der Waals surface area contributed by atoms with Crippen molar-refractivity contribution in [1.29, 1.82) is 0 Å². The monoisotopic (exact) mass is 308 g/mol. The largest absolute Gasteiger partial charge is 0.497 e. The maximum Gasteiger partial charge on any atom is 0.187 e. The molecule has 2 aromatic carbocycles. The van der Waals surface area contributed by atoms with E-state index in [0.29, 0.717) is 12.3 Å². The van der Waals surface area contributed by atoms with Crippen molar-refractivity contribution in [2.45, 2.75) is 12.6 Å². The predicted molar refractivity (Wildman–Crippen MR) is 89.8 cm³/mol. The molecule has 3 rings (SSSR count). The second kappa shape index (κ2) is 6.82. The summed E-state index contributed by atoms with van der Waals surface area (Å²) in [4.78, 5) is 5.80. The summed E-state index contributed by atoms with van der Waals surface area (Å²) in [6.45, 7) is 9.69. The van der Waals surface area contributed by atoms with Crippen LogP contribution in [0.15, 0.2) is 42.5 Å². The van der Waals surface area contributed by atoms with Crippen molar-refractivity contribution in [2.24, 2.45) is 0 Å². The van der Waals surface area contributed by atoms with E-state index in [4.69, 9.17) is 16.0 Å². The Kier molecular flexibility index (Phi) is 4.61. The maximum atomic E-state index is 7.28. The van der Waals surface area contributed by atoms with Crippen LogP contribution in [0.1, 0.15) is 22.8 Å². The number of ether oxygens (including phenoxy) is 2. The highest BCUT2D eigenvalue weighted by Crippen LogP contribution is 2.34. The van der Waals surface area contributed by atoms with Gasteiger partial charge >= 0.3 is 0 Å². The van der Waals surface area contributed by atoms with Gasteiger partial charge in [-0.3, -0.25) is 4.90 Å². The van der Waals surface area contributed by atoms with Crippen LogP contribution in [0.3, 0.4) is 0 Å². The summed E-state index contributed by atoms with van der Waals surface area (Å²) >= 11 is 0. The topological polar surface area (TPSA) is 26.1 Å². The van der Waals surface area contributed by atoms with Crippen molar-refractivity contribution in [3.8, 4) is 5.75 Å². The van der Waals surface area contributed by atoms with Gasteiger partial charge in [0.05, 0.1) is 20.3 Å². The van der Waals surface area contributed by atoms with E-state index in [-0.39, 0.29) is 6.10 Å². The fourth-order valence-corrected chi connectivity index (χ4v) is 2.88. The SMILES string of the molecule is [C-]#[N+]c1ccc2c(c1)C(c1ccc(OC)cc1)OCCN(C)C2. The first-order valence-corrected chi connectivity index (χ1v) is 7.65. The zero-order chi connectivity index (χ0) is 16.2. The molecule has 1 atom stereocenters. The van der Waals surface area contributed by atoms with E-state index in [1.165, 1.54) is 5.56 Å². The van der Waals surface area contributed by atoms with Crippen molar-refractivity contribution in [3.63, 3.8) is 0 Å². The molecule has 0 fully saturated rings. The first kappa shape index (κ1) is 15.5. The number of hydrogen-bond acceptors (Lipinski definition) is 3. The molecule has 0 saturated heterocycles. The molecule has 23 heavy (non-hydrogen) atoms. The molecule has 1 aliphatic heterocycles. The molecule has 4 heteroatoms. The lowest BCUT2D eigenvalue weighted by molar-refractivity contribution is 0.0554. The zero-order valence-electron chi connectivity index (χ0n) is 13.5. The second-order valence-electron chi connectivity index (χ2n) is 5.76. The van der Waals surface area contributed by atoms with Crippen LogP contribution < -0.4 is 4.74 Å². The van der Waals surface area contributed by atoms with Crippen LogP contribution in [-0.2, 0) is 11.3 Å². The third-order valence-corrected chi connectivity index (χ3v) is 4.16. The molecule has 1 unspecified atom stereocenters. The first-order valence-electron chi connectivity index (χ1n) is 7.65. The molecule has 0 spiro atoms. The van der Waals surface area contributed by atoms with Gasteiger partial charge in [-0.15, -0.1) is 0 Å². The maximum absolute atomic E-state index is 7.28. The van der Waals surface area contributed by atoms with Gasteiger partial charge in [0, 0.05) is 13.1 Å². The van der Waals surface area contributed by atoms with E-state index in [0.717, 1.165) is 30.0 Å². The van der Waals surface area contributed by atoms with Crippen LogP contribution >= 0.6 is 0 Å². The van der Waals surface area contributed by atoms with E-state index in [2.05, 4.69) is 16.8 Å². The third kappa shape index (κ3) is 3.37. The van der Waals surface area contributed by atoms with Crippen LogP contribution in [0.2, 0.25) is 0 Å². The van der Waals surface area contributed by atoms with Gasteiger partial charge in [-0.2, -0.15) is 0 Å². The van der Waals surface area contributed by atoms with E-state index >= 15 is 0 Å². The van der Waals surface area contributed by atoms with Crippen molar-refractivity contribution in [3.05, 3.63) is 70.6 Å². The van der Waals surface area contributed by atoms with Crippen LogP contribution in [0.5, 0.6) is 5.75 Å². The summed E-state index contributed by atoms with van der Waals surface area (Å²) in [6.07, 6.45) is -0.147. The van der Waals surface area contributed by atoms with E-state index in [1.807, 2.05) is 42.5 Å². The smallest absolute Gasteiger partial charge is 0.187 e. The highest BCUT2D eigenvalue weighted by atomic mass is 16.5. The Morgan fingerprint density at radius 2 is 2.00 bits per heavy atom. The van der Waals surface area contributed by atoms with Crippen LogP contribution in [-0.4, -0.2) is 32.2 Å². The molecule has 0 radical (unpaired) electrons. The fourth-order valence-electron chi connectivity index (χ4n) is 2.88. The summed E-state index contributed by atoms with van der Waals surface area (Å²) < 4.78 is 11.4. The average Bonchev–Trinajstić information content (AvgIpc) is 2.58. The standard InChI is InChI=1S/C19H20N2O2/c1-20-16-7-4-15-13-21(2)10-11-23-19(18(15)12-16)14-5-8-17(22-3)9-6-14/h4-9,12,19H,10-11,13H2,2-3H3. The molecule has 0 amide bonds. The number of methoxy groups -OCH3 is 1. The van der Waals surface area contributed by atoms with Gasteiger partial charge in [0.1, 0.15) is 11.9 Å². The number of benzene rings is 2. The highest BCUT2D eigenvalue weighted by Gasteiger charge is 2.22. The van der Waals surface area contributed by atoms with E-state index in [9.17, 15) is 0 Å². The average molecular weight is 308 g/mol. The molecular formula is C19H20N2O2. The van der Waals surface area contributed by atoms with E-state index in [1.54, 1.807) is 7.11 Å². The summed E-state index contributed by atoms with van der Waals surface area (Å²) in [6, 6.07) is 13.8. The minimum absolute atomic E-state index is 0.147. The number of nitrogens with zero attached hydrogens (tertiary/aromatic N) is 2. The number of likely N-dealkylation sites (N-methyl/N-ethyl adjacent to an activating group) is 1.